The summed E-state index contributed by atoms with van der Waals surface area (Å²) in [5.74, 6) is 1.24. The van der Waals surface area contributed by atoms with Crippen LogP contribution in [0.25, 0.3) is 11.3 Å². The summed E-state index contributed by atoms with van der Waals surface area (Å²) in [4.78, 5) is 32.2. The number of hydrogen-bond donors (Lipinski definition) is 0. The molecule has 0 spiro atoms. The van der Waals surface area contributed by atoms with Crippen molar-refractivity contribution in [1.29, 1.82) is 0 Å². The Morgan fingerprint density at radius 1 is 0.974 bits per heavy atom. The number of benzene rings is 2. The maximum atomic E-state index is 12.9. The molecule has 1 aromatic heterocycles. The first-order valence-electron chi connectivity index (χ1n) is 14.3. The molecule has 210 valence electrons. The van der Waals surface area contributed by atoms with Gasteiger partial charge in [0.15, 0.2) is 0 Å². The maximum absolute atomic E-state index is 12.9. The number of anilines is 1. The molecule has 0 aliphatic heterocycles. The molecule has 0 N–H and O–H groups in total. The van der Waals surface area contributed by atoms with Crippen LogP contribution in [-0.4, -0.2) is 41.3 Å². The summed E-state index contributed by atoms with van der Waals surface area (Å²) in [5, 5.41) is 0. The lowest BCUT2D eigenvalue weighted by Crippen LogP contribution is -2.41. The van der Waals surface area contributed by atoms with Gasteiger partial charge in [-0.05, 0) is 44.5 Å². The number of hydrogen-bond acceptors (Lipinski definition) is 6. The third-order valence-electron chi connectivity index (χ3n) is 6.82. The van der Waals surface area contributed by atoms with Gasteiger partial charge in [0, 0.05) is 30.3 Å². The predicted molar refractivity (Wildman–Crippen MR) is 157 cm³/mol. The zero-order chi connectivity index (χ0) is 28.0. The van der Waals surface area contributed by atoms with E-state index < -0.39 is 0 Å². The van der Waals surface area contributed by atoms with Crippen LogP contribution in [0.4, 0.5) is 5.69 Å². The predicted octanol–water partition coefficient (Wildman–Crippen LogP) is 6.28. The molecule has 0 saturated carbocycles. The Bertz CT molecular complexity index is 1210. The van der Waals surface area contributed by atoms with E-state index in [1.807, 2.05) is 75.4 Å². The first-order valence-corrected chi connectivity index (χ1v) is 14.3. The minimum Gasteiger partial charge on any atom is -0.492 e. The second-order valence-electron chi connectivity index (χ2n) is 9.65. The van der Waals surface area contributed by atoms with Gasteiger partial charge in [-0.15, -0.1) is 0 Å². The molecule has 0 amide bonds. The molecular formula is C32H43N3O4. The number of rotatable bonds is 16. The minimum absolute atomic E-state index is 0.0813. The van der Waals surface area contributed by atoms with Crippen molar-refractivity contribution in [1.82, 2.24) is 9.55 Å². The van der Waals surface area contributed by atoms with Crippen LogP contribution in [0.1, 0.15) is 65.6 Å². The van der Waals surface area contributed by atoms with E-state index in [1.54, 1.807) is 10.6 Å². The quantitative estimate of drug-likeness (QED) is 0.159. The van der Waals surface area contributed by atoms with Crippen LogP contribution >= 0.6 is 0 Å². The molecule has 3 aromatic rings. The van der Waals surface area contributed by atoms with E-state index in [0.29, 0.717) is 37.6 Å². The highest BCUT2D eigenvalue weighted by molar-refractivity contribution is 5.79. The van der Waals surface area contributed by atoms with Gasteiger partial charge < -0.3 is 14.4 Å². The zero-order valence-corrected chi connectivity index (χ0v) is 23.9. The Kier molecular flexibility index (Phi) is 12.1. The number of ether oxygens (including phenoxy) is 2. The second kappa shape index (κ2) is 15.7. The van der Waals surface area contributed by atoms with E-state index in [-0.39, 0.29) is 17.6 Å². The molecule has 0 saturated heterocycles. The molecule has 7 nitrogen and oxygen atoms in total. The van der Waals surface area contributed by atoms with Gasteiger partial charge in [0.1, 0.15) is 24.2 Å². The second-order valence-corrected chi connectivity index (χ2v) is 9.65. The summed E-state index contributed by atoms with van der Waals surface area (Å²) in [5.41, 5.74) is 2.50. The van der Waals surface area contributed by atoms with Crippen LogP contribution < -0.4 is 15.2 Å². The van der Waals surface area contributed by atoms with Gasteiger partial charge in [0.25, 0.3) is 5.56 Å². The molecule has 39 heavy (non-hydrogen) atoms. The lowest BCUT2D eigenvalue weighted by molar-refractivity contribution is -0.144. The van der Waals surface area contributed by atoms with Crippen molar-refractivity contribution >= 4 is 11.7 Å². The number of carbonyl (C=O) groups excluding carboxylic acids is 1. The smallest absolute Gasteiger partial charge is 0.328 e. The molecule has 0 fully saturated rings. The zero-order valence-electron chi connectivity index (χ0n) is 23.9. The van der Waals surface area contributed by atoms with E-state index >= 15 is 0 Å². The number of carbonyl (C=O) groups is 1. The summed E-state index contributed by atoms with van der Waals surface area (Å²) in [6.07, 6.45) is 6.46. The standard InChI is InChI=1S/C32H43N3O4/c1-5-8-9-10-14-21-34(25(4)32(37)38-7-3)27-17-19-28(20-18-27)39-23-22-35-30(6-2)33-29(24-31(35)36)26-15-12-11-13-16-26/h11-13,15-20,24-25H,5-10,14,21-23H2,1-4H3/t25-/m0/s1. The first-order chi connectivity index (χ1) is 19.0. The summed E-state index contributed by atoms with van der Waals surface area (Å²) >= 11 is 0. The third kappa shape index (κ3) is 8.70. The van der Waals surface area contributed by atoms with E-state index in [2.05, 4.69) is 11.8 Å². The van der Waals surface area contributed by atoms with Gasteiger partial charge in [0.05, 0.1) is 18.8 Å². The van der Waals surface area contributed by atoms with Crippen molar-refractivity contribution in [3.8, 4) is 17.0 Å². The van der Waals surface area contributed by atoms with Crippen LogP contribution in [0.5, 0.6) is 5.75 Å². The molecule has 1 heterocycles. The summed E-state index contributed by atoms with van der Waals surface area (Å²) < 4.78 is 13.0. The van der Waals surface area contributed by atoms with Crippen molar-refractivity contribution in [2.75, 3.05) is 24.7 Å². The number of unbranched alkanes of at least 4 members (excludes halogenated alkanes) is 4. The Morgan fingerprint density at radius 2 is 1.69 bits per heavy atom. The van der Waals surface area contributed by atoms with Crippen molar-refractivity contribution in [3.05, 3.63) is 76.8 Å². The van der Waals surface area contributed by atoms with E-state index in [4.69, 9.17) is 14.5 Å². The number of aromatic nitrogens is 2. The molecule has 0 aliphatic rings. The third-order valence-corrected chi connectivity index (χ3v) is 6.82. The van der Waals surface area contributed by atoms with Crippen LogP contribution in [0, 0.1) is 0 Å². The molecule has 7 heteroatoms. The monoisotopic (exact) mass is 533 g/mol. The maximum Gasteiger partial charge on any atom is 0.328 e. The van der Waals surface area contributed by atoms with Crippen LogP contribution in [0.2, 0.25) is 0 Å². The average molecular weight is 534 g/mol. The summed E-state index contributed by atoms with van der Waals surface area (Å²) in [7, 11) is 0. The minimum atomic E-state index is -0.367. The molecule has 0 aliphatic carbocycles. The first kappa shape index (κ1) is 29.9. The number of nitrogens with zero attached hydrogens (tertiary/aromatic N) is 3. The molecule has 3 rings (SSSR count). The lowest BCUT2D eigenvalue weighted by atomic mass is 10.1. The molecule has 0 unspecified atom stereocenters. The molecule has 2 aromatic carbocycles. The average Bonchev–Trinajstić information content (AvgIpc) is 2.96. The molecule has 0 radical (unpaired) electrons. The van der Waals surface area contributed by atoms with E-state index in [1.165, 1.54) is 19.3 Å². The van der Waals surface area contributed by atoms with Gasteiger partial charge >= 0.3 is 5.97 Å². The lowest BCUT2D eigenvalue weighted by Gasteiger charge is -2.30. The van der Waals surface area contributed by atoms with E-state index in [0.717, 1.165) is 36.5 Å². The Balaban J connectivity index is 1.64. The fourth-order valence-corrected chi connectivity index (χ4v) is 4.63. The Hall–Kier alpha value is -3.61. The van der Waals surface area contributed by atoms with E-state index in [9.17, 15) is 9.59 Å². The molecule has 0 bridgehead atoms. The van der Waals surface area contributed by atoms with Crippen molar-refractivity contribution < 1.29 is 14.3 Å². The van der Waals surface area contributed by atoms with Gasteiger partial charge in [-0.3, -0.25) is 9.36 Å². The van der Waals surface area contributed by atoms with Crippen molar-refractivity contribution in [3.63, 3.8) is 0 Å². The molecule has 1 atom stereocenters. The largest absolute Gasteiger partial charge is 0.492 e. The van der Waals surface area contributed by atoms with Crippen molar-refractivity contribution in [2.24, 2.45) is 0 Å². The summed E-state index contributed by atoms with van der Waals surface area (Å²) in [6, 6.07) is 18.8. The molecular weight excluding hydrogens is 490 g/mol. The number of esters is 1. The highest BCUT2D eigenvalue weighted by Crippen LogP contribution is 2.23. The topological polar surface area (TPSA) is 73.7 Å². The fourth-order valence-electron chi connectivity index (χ4n) is 4.63. The summed E-state index contributed by atoms with van der Waals surface area (Å²) in [6.45, 7) is 9.85. The van der Waals surface area contributed by atoms with Gasteiger partial charge in [-0.2, -0.15) is 0 Å². The van der Waals surface area contributed by atoms with Crippen LogP contribution in [-0.2, 0) is 22.5 Å². The van der Waals surface area contributed by atoms with Crippen LogP contribution in [0.15, 0.2) is 65.5 Å². The van der Waals surface area contributed by atoms with Crippen LogP contribution in [0.3, 0.4) is 0 Å². The SMILES string of the molecule is CCCCCCCN(c1ccc(OCCn2c(CC)nc(-c3ccccc3)cc2=O)cc1)[C@@H](C)C(=O)OCC. The highest BCUT2D eigenvalue weighted by atomic mass is 16.5. The highest BCUT2D eigenvalue weighted by Gasteiger charge is 2.22. The van der Waals surface area contributed by atoms with Crippen molar-refractivity contribution in [2.45, 2.75) is 78.8 Å². The Morgan fingerprint density at radius 3 is 2.36 bits per heavy atom. The fraction of sp³-hybridized carbons (Fsp3) is 0.469. The normalized spacial score (nSPS) is 11.7. The van der Waals surface area contributed by atoms with Gasteiger partial charge in [0.2, 0.25) is 0 Å². The van der Waals surface area contributed by atoms with Gasteiger partial charge in [-0.25, -0.2) is 9.78 Å². The number of aryl methyl sites for hydroxylation is 1. The Labute approximate surface area is 232 Å². The van der Waals surface area contributed by atoms with Gasteiger partial charge in [-0.1, -0.05) is 69.9 Å².